The van der Waals surface area contributed by atoms with Gasteiger partial charge in [0.05, 0.1) is 18.3 Å². The van der Waals surface area contributed by atoms with Crippen molar-refractivity contribution in [1.29, 1.82) is 0 Å². The lowest BCUT2D eigenvalue weighted by atomic mass is 10.0. The molecule has 4 nitrogen and oxygen atoms in total. The molecule has 1 aromatic heterocycles. The second kappa shape index (κ2) is 7.23. The monoisotopic (exact) mass is 279 g/mol. The first-order valence-electron chi connectivity index (χ1n) is 8.14. The molecule has 1 N–H and O–H groups in total. The van der Waals surface area contributed by atoms with Gasteiger partial charge in [-0.3, -0.25) is 4.68 Å². The summed E-state index contributed by atoms with van der Waals surface area (Å²) >= 11 is 0. The number of aryl methyl sites for hydroxylation is 1. The summed E-state index contributed by atoms with van der Waals surface area (Å²) in [6.07, 6.45) is 4.37. The van der Waals surface area contributed by atoms with Crippen LogP contribution in [-0.4, -0.2) is 29.5 Å². The van der Waals surface area contributed by atoms with Crippen LogP contribution in [0.15, 0.2) is 0 Å². The number of rotatable bonds is 6. The Kier molecular flexibility index (Phi) is 5.61. The average molecular weight is 279 g/mol. The number of nitrogens with zero attached hydrogens (tertiary/aromatic N) is 2. The quantitative estimate of drug-likeness (QED) is 0.870. The zero-order chi connectivity index (χ0) is 14.5. The second-order valence-electron chi connectivity index (χ2n) is 5.61. The van der Waals surface area contributed by atoms with Crippen LogP contribution in [0.1, 0.15) is 69.6 Å². The van der Waals surface area contributed by atoms with E-state index in [9.17, 15) is 0 Å². The minimum atomic E-state index is 0.378. The van der Waals surface area contributed by atoms with Gasteiger partial charge in [-0.1, -0.05) is 20.8 Å². The molecule has 1 fully saturated rings. The summed E-state index contributed by atoms with van der Waals surface area (Å²) < 4.78 is 7.92. The lowest BCUT2D eigenvalue weighted by molar-refractivity contribution is 0.0538. The van der Waals surface area contributed by atoms with Crippen molar-refractivity contribution >= 4 is 0 Å². The third-order valence-electron chi connectivity index (χ3n) is 4.22. The second-order valence-corrected chi connectivity index (χ2v) is 5.61. The van der Waals surface area contributed by atoms with Crippen LogP contribution in [0.25, 0.3) is 0 Å². The molecule has 0 saturated carbocycles. The van der Waals surface area contributed by atoms with Crippen LogP contribution >= 0.6 is 0 Å². The molecule has 1 aromatic rings. The molecular formula is C16H29N3O. The third-order valence-corrected chi connectivity index (χ3v) is 4.22. The maximum atomic E-state index is 5.65. The van der Waals surface area contributed by atoms with Gasteiger partial charge in [0.2, 0.25) is 0 Å². The van der Waals surface area contributed by atoms with E-state index in [2.05, 4.69) is 37.7 Å². The van der Waals surface area contributed by atoms with Crippen LogP contribution < -0.4 is 5.32 Å². The summed E-state index contributed by atoms with van der Waals surface area (Å²) in [6.45, 7) is 11.6. The molecule has 1 aliphatic heterocycles. The summed E-state index contributed by atoms with van der Waals surface area (Å²) in [6, 6.07) is 0.801. The van der Waals surface area contributed by atoms with E-state index in [0.29, 0.717) is 12.1 Å². The van der Waals surface area contributed by atoms with E-state index in [1.807, 2.05) is 0 Å². The van der Waals surface area contributed by atoms with Crippen LogP contribution in [0, 0.1) is 0 Å². The standard InChI is InChI=1S/C16H29N3O/c1-5-14-16(12(4)17-7-3)15(6-2)19(18-14)13-9-8-10-20-11-13/h12-13,17H,5-11H2,1-4H3. The molecule has 2 heterocycles. The van der Waals surface area contributed by atoms with Crippen LogP contribution in [0.4, 0.5) is 0 Å². The molecule has 2 unspecified atom stereocenters. The lowest BCUT2D eigenvalue weighted by Crippen LogP contribution is -2.24. The Labute approximate surface area is 122 Å². The van der Waals surface area contributed by atoms with Crippen molar-refractivity contribution in [3.63, 3.8) is 0 Å². The third kappa shape index (κ3) is 3.07. The number of hydrogen-bond acceptors (Lipinski definition) is 3. The van der Waals surface area contributed by atoms with E-state index < -0.39 is 0 Å². The van der Waals surface area contributed by atoms with Crippen molar-refractivity contribution in [1.82, 2.24) is 15.1 Å². The zero-order valence-corrected chi connectivity index (χ0v) is 13.4. The van der Waals surface area contributed by atoms with Crippen LogP contribution in [0.3, 0.4) is 0 Å². The van der Waals surface area contributed by atoms with Gasteiger partial charge in [0.1, 0.15) is 0 Å². The molecule has 4 heteroatoms. The van der Waals surface area contributed by atoms with Gasteiger partial charge in [-0.15, -0.1) is 0 Å². The van der Waals surface area contributed by atoms with Gasteiger partial charge in [0, 0.05) is 23.9 Å². The van der Waals surface area contributed by atoms with E-state index in [0.717, 1.165) is 39.0 Å². The smallest absolute Gasteiger partial charge is 0.0756 e. The zero-order valence-electron chi connectivity index (χ0n) is 13.4. The first kappa shape index (κ1) is 15.5. The normalized spacial score (nSPS) is 21.1. The molecule has 0 radical (unpaired) electrons. The first-order chi connectivity index (χ1) is 9.72. The van der Waals surface area contributed by atoms with Crippen LogP contribution in [0.2, 0.25) is 0 Å². The van der Waals surface area contributed by atoms with Crippen molar-refractivity contribution in [3.8, 4) is 0 Å². The SMILES string of the molecule is CCNC(C)c1c(CC)nn(C2CCCOC2)c1CC. The highest BCUT2D eigenvalue weighted by molar-refractivity contribution is 5.30. The van der Waals surface area contributed by atoms with Gasteiger partial charge in [0.15, 0.2) is 0 Å². The summed E-state index contributed by atoms with van der Waals surface area (Å²) in [4.78, 5) is 0. The highest BCUT2D eigenvalue weighted by Crippen LogP contribution is 2.29. The number of nitrogens with one attached hydrogen (secondary N) is 1. The minimum Gasteiger partial charge on any atom is -0.379 e. The van der Waals surface area contributed by atoms with Crippen molar-refractivity contribution in [2.75, 3.05) is 19.8 Å². The van der Waals surface area contributed by atoms with Gasteiger partial charge in [-0.2, -0.15) is 5.10 Å². The van der Waals surface area contributed by atoms with Gasteiger partial charge in [-0.25, -0.2) is 0 Å². The van der Waals surface area contributed by atoms with Gasteiger partial charge < -0.3 is 10.1 Å². The average Bonchev–Trinajstić information content (AvgIpc) is 2.87. The van der Waals surface area contributed by atoms with Crippen molar-refractivity contribution in [2.45, 2.75) is 65.5 Å². The van der Waals surface area contributed by atoms with E-state index in [1.165, 1.54) is 23.4 Å². The number of hydrogen-bond donors (Lipinski definition) is 1. The summed E-state index contributed by atoms with van der Waals surface area (Å²) in [5.74, 6) is 0. The van der Waals surface area contributed by atoms with Crippen molar-refractivity contribution in [3.05, 3.63) is 17.0 Å². The van der Waals surface area contributed by atoms with E-state index in [1.54, 1.807) is 0 Å². The lowest BCUT2D eigenvalue weighted by Gasteiger charge is -2.24. The molecule has 0 spiro atoms. The summed E-state index contributed by atoms with van der Waals surface area (Å²) in [5.41, 5.74) is 4.06. The Morgan fingerprint density at radius 3 is 2.70 bits per heavy atom. The predicted molar refractivity (Wildman–Crippen MR) is 82.2 cm³/mol. The highest BCUT2D eigenvalue weighted by Gasteiger charge is 2.25. The van der Waals surface area contributed by atoms with E-state index >= 15 is 0 Å². The molecule has 1 aliphatic rings. The van der Waals surface area contributed by atoms with Crippen LogP contribution in [0.5, 0.6) is 0 Å². The maximum Gasteiger partial charge on any atom is 0.0756 e. The molecule has 20 heavy (non-hydrogen) atoms. The molecule has 0 aliphatic carbocycles. The molecule has 114 valence electrons. The molecule has 2 atom stereocenters. The summed E-state index contributed by atoms with van der Waals surface area (Å²) in [5, 5.41) is 8.47. The van der Waals surface area contributed by atoms with Crippen molar-refractivity contribution < 1.29 is 4.74 Å². The van der Waals surface area contributed by atoms with E-state index in [-0.39, 0.29) is 0 Å². The topological polar surface area (TPSA) is 39.1 Å². The molecule has 1 saturated heterocycles. The van der Waals surface area contributed by atoms with Crippen LogP contribution in [-0.2, 0) is 17.6 Å². The Hall–Kier alpha value is -0.870. The Bertz CT molecular complexity index is 422. The Balaban J connectivity index is 2.36. The van der Waals surface area contributed by atoms with Gasteiger partial charge in [0.25, 0.3) is 0 Å². The van der Waals surface area contributed by atoms with Gasteiger partial charge >= 0.3 is 0 Å². The van der Waals surface area contributed by atoms with Gasteiger partial charge in [-0.05, 0) is 39.2 Å². The first-order valence-corrected chi connectivity index (χ1v) is 8.14. The molecule has 0 aromatic carbocycles. The minimum absolute atomic E-state index is 0.378. The molecule has 0 bridgehead atoms. The predicted octanol–water partition coefficient (Wildman–Crippen LogP) is 3.03. The molecular weight excluding hydrogens is 250 g/mol. The van der Waals surface area contributed by atoms with E-state index in [4.69, 9.17) is 9.84 Å². The Morgan fingerprint density at radius 1 is 1.35 bits per heavy atom. The maximum absolute atomic E-state index is 5.65. The van der Waals surface area contributed by atoms with Crippen molar-refractivity contribution in [2.24, 2.45) is 0 Å². The summed E-state index contributed by atoms with van der Waals surface area (Å²) in [7, 11) is 0. The number of aromatic nitrogens is 2. The number of ether oxygens (including phenoxy) is 1. The highest BCUT2D eigenvalue weighted by atomic mass is 16.5. The fourth-order valence-corrected chi connectivity index (χ4v) is 3.27. The molecule has 2 rings (SSSR count). The largest absolute Gasteiger partial charge is 0.379 e. The fourth-order valence-electron chi connectivity index (χ4n) is 3.27. The fraction of sp³-hybridized carbons (Fsp3) is 0.812. The Morgan fingerprint density at radius 2 is 2.15 bits per heavy atom. The molecule has 0 amide bonds.